The highest BCUT2D eigenvalue weighted by molar-refractivity contribution is 5.95. The van der Waals surface area contributed by atoms with Crippen molar-refractivity contribution in [3.8, 4) is 0 Å². The summed E-state index contributed by atoms with van der Waals surface area (Å²) in [6, 6.07) is 4.70. The van der Waals surface area contributed by atoms with E-state index in [2.05, 4.69) is 20.9 Å². The molecule has 0 unspecified atom stereocenters. The molecular weight excluding hydrogens is 508 g/mol. The number of hydrogen-bond acceptors (Lipinski definition) is 7. The third-order valence-electron chi connectivity index (χ3n) is 6.30. The molecule has 0 aliphatic carbocycles. The number of aliphatic hydroxyl groups excluding tert-OH is 1. The Morgan fingerprint density at radius 2 is 1.64 bits per heavy atom. The van der Waals surface area contributed by atoms with Gasteiger partial charge in [0.2, 0.25) is 29.5 Å². The quantitative estimate of drug-likeness (QED) is 0.0730. The Hall–Kier alpha value is -4.20. The first kappa shape index (κ1) is 31.0. The number of carbonyl (C=O) groups is 5. The van der Waals surface area contributed by atoms with E-state index >= 15 is 0 Å². The van der Waals surface area contributed by atoms with Gasteiger partial charge in [0, 0.05) is 26.4 Å². The van der Waals surface area contributed by atoms with E-state index in [9.17, 15) is 29.1 Å². The van der Waals surface area contributed by atoms with Crippen LogP contribution in [-0.2, 0) is 30.4 Å². The van der Waals surface area contributed by atoms with Gasteiger partial charge in [-0.2, -0.15) is 0 Å². The summed E-state index contributed by atoms with van der Waals surface area (Å²) in [4.78, 5) is 68.4. The van der Waals surface area contributed by atoms with E-state index in [1.807, 2.05) is 6.07 Å². The van der Waals surface area contributed by atoms with Gasteiger partial charge in [-0.25, -0.2) is 0 Å². The van der Waals surface area contributed by atoms with Crippen LogP contribution in [0.15, 0.2) is 35.3 Å². The zero-order valence-corrected chi connectivity index (χ0v) is 22.0. The topological polar surface area (TPSA) is 235 Å². The maximum absolute atomic E-state index is 13.5. The Kier molecular flexibility index (Phi) is 12.1. The van der Waals surface area contributed by atoms with E-state index in [4.69, 9.17) is 17.2 Å². The maximum Gasteiger partial charge on any atom is 0.243 e. The molecule has 214 valence electrons. The van der Waals surface area contributed by atoms with Crippen molar-refractivity contribution in [3.63, 3.8) is 0 Å². The highest BCUT2D eigenvalue weighted by Crippen LogP contribution is 2.18. The molecule has 0 bridgehead atoms. The predicted molar refractivity (Wildman–Crippen MR) is 143 cm³/mol. The number of aliphatic hydroxyl groups is 1. The van der Waals surface area contributed by atoms with Crippen LogP contribution >= 0.6 is 0 Å². The number of aliphatic imine (C=N–C) groups is 1. The van der Waals surface area contributed by atoms with Gasteiger partial charge in [0.05, 0.1) is 6.61 Å². The van der Waals surface area contributed by atoms with Gasteiger partial charge in [-0.05, 0) is 31.2 Å². The molecule has 14 heteroatoms. The maximum atomic E-state index is 13.5. The molecule has 1 aliphatic heterocycles. The van der Waals surface area contributed by atoms with E-state index in [0.717, 1.165) is 5.56 Å². The fourth-order valence-electron chi connectivity index (χ4n) is 4.27. The van der Waals surface area contributed by atoms with Gasteiger partial charge in [0.25, 0.3) is 0 Å². The summed E-state index contributed by atoms with van der Waals surface area (Å²) < 4.78 is 0. The number of rotatable bonds is 14. The van der Waals surface area contributed by atoms with E-state index in [0.29, 0.717) is 25.8 Å². The van der Waals surface area contributed by atoms with Crippen molar-refractivity contribution >= 4 is 35.5 Å². The van der Waals surface area contributed by atoms with Crippen molar-refractivity contribution in [2.24, 2.45) is 22.2 Å². The van der Waals surface area contributed by atoms with E-state index in [1.54, 1.807) is 24.3 Å². The lowest BCUT2D eigenvalue weighted by Gasteiger charge is -2.27. The van der Waals surface area contributed by atoms with E-state index in [1.165, 1.54) is 11.8 Å². The third-order valence-corrected chi connectivity index (χ3v) is 6.30. The lowest BCUT2D eigenvalue weighted by molar-refractivity contribution is -0.138. The van der Waals surface area contributed by atoms with Crippen molar-refractivity contribution in [2.75, 3.05) is 19.7 Å². The average molecular weight is 547 g/mol. The Balaban J connectivity index is 2.24. The van der Waals surface area contributed by atoms with Crippen LogP contribution in [0.25, 0.3) is 0 Å². The minimum absolute atomic E-state index is 0.0814. The number of hydrogen-bond donors (Lipinski definition) is 7. The van der Waals surface area contributed by atoms with Gasteiger partial charge in [0.15, 0.2) is 5.96 Å². The first-order valence-corrected chi connectivity index (χ1v) is 12.7. The molecule has 1 heterocycles. The van der Waals surface area contributed by atoms with E-state index in [-0.39, 0.29) is 31.3 Å². The molecule has 1 aliphatic rings. The summed E-state index contributed by atoms with van der Waals surface area (Å²) in [5, 5.41) is 17.1. The van der Waals surface area contributed by atoms with Crippen LogP contribution in [0, 0.1) is 0 Å². The average Bonchev–Trinajstić information content (AvgIpc) is 3.39. The van der Waals surface area contributed by atoms with Crippen LogP contribution in [-0.4, -0.2) is 89.4 Å². The summed E-state index contributed by atoms with van der Waals surface area (Å²) in [7, 11) is 0. The molecule has 2 rings (SSSR count). The SMILES string of the molecule is CC(=O)N1CCC[C@H]1C(=O)N[C@@H](Cc1ccccc1)C(=O)N[C@@H](CCCN=C(N)N)C(=O)N[C@@H](CO)C(N)=O. The number of primary amides is 1. The number of carbonyl (C=O) groups excluding carboxylic acids is 5. The van der Waals surface area contributed by atoms with Gasteiger partial charge in [-0.15, -0.1) is 0 Å². The zero-order valence-electron chi connectivity index (χ0n) is 22.0. The molecule has 0 saturated carbocycles. The van der Waals surface area contributed by atoms with Crippen molar-refractivity contribution in [1.82, 2.24) is 20.9 Å². The van der Waals surface area contributed by atoms with E-state index < -0.39 is 54.4 Å². The summed E-state index contributed by atoms with van der Waals surface area (Å²) in [6.07, 6.45) is 1.63. The van der Waals surface area contributed by atoms with Crippen molar-refractivity contribution < 1.29 is 29.1 Å². The van der Waals surface area contributed by atoms with Gasteiger partial charge in [0.1, 0.15) is 24.2 Å². The Morgan fingerprint density at radius 3 is 2.23 bits per heavy atom. The smallest absolute Gasteiger partial charge is 0.243 e. The van der Waals surface area contributed by atoms with Crippen LogP contribution in [0.1, 0.15) is 38.2 Å². The number of guanidine groups is 1. The van der Waals surface area contributed by atoms with Crippen LogP contribution in [0.2, 0.25) is 0 Å². The predicted octanol–water partition coefficient (Wildman–Crippen LogP) is -2.77. The molecule has 1 fully saturated rings. The Labute approximate surface area is 226 Å². The lowest BCUT2D eigenvalue weighted by atomic mass is 10.0. The van der Waals surface area contributed by atoms with Gasteiger partial charge in [-0.1, -0.05) is 30.3 Å². The summed E-state index contributed by atoms with van der Waals surface area (Å²) >= 11 is 0. The van der Waals surface area contributed by atoms with Crippen LogP contribution in [0.4, 0.5) is 0 Å². The second-order valence-electron chi connectivity index (χ2n) is 9.28. The van der Waals surface area contributed by atoms with Gasteiger partial charge in [-0.3, -0.25) is 29.0 Å². The molecule has 1 saturated heterocycles. The first-order valence-electron chi connectivity index (χ1n) is 12.7. The van der Waals surface area contributed by atoms with Crippen molar-refractivity contribution in [2.45, 2.75) is 63.2 Å². The minimum Gasteiger partial charge on any atom is -0.394 e. The molecule has 0 spiro atoms. The van der Waals surface area contributed by atoms with Crippen LogP contribution in [0.3, 0.4) is 0 Å². The van der Waals surface area contributed by atoms with Crippen LogP contribution in [0.5, 0.6) is 0 Å². The second-order valence-corrected chi connectivity index (χ2v) is 9.28. The summed E-state index contributed by atoms with van der Waals surface area (Å²) in [6.45, 7) is 1.29. The molecule has 1 aromatic rings. The molecule has 14 nitrogen and oxygen atoms in total. The molecular formula is C25H38N8O6. The monoisotopic (exact) mass is 546 g/mol. The number of nitrogens with one attached hydrogen (secondary N) is 3. The Bertz CT molecular complexity index is 1050. The minimum atomic E-state index is -1.35. The number of nitrogens with zero attached hydrogens (tertiary/aromatic N) is 2. The highest BCUT2D eigenvalue weighted by Gasteiger charge is 2.35. The number of likely N-dealkylation sites (tertiary alicyclic amines) is 1. The normalized spacial score (nSPS) is 16.9. The fourth-order valence-corrected chi connectivity index (χ4v) is 4.27. The van der Waals surface area contributed by atoms with Gasteiger partial charge < -0.3 is 43.2 Å². The molecule has 0 aromatic heterocycles. The first-order chi connectivity index (χ1) is 18.5. The number of amides is 5. The highest BCUT2D eigenvalue weighted by atomic mass is 16.3. The zero-order chi connectivity index (χ0) is 28.9. The molecule has 39 heavy (non-hydrogen) atoms. The Morgan fingerprint density at radius 1 is 1.00 bits per heavy atom. The molecule has 10 N–H and O–H groups in total. The standard InChI is InChI=1S/C25H38N8O6/c1-15(35)33-12-6-10-20(33)24(39)31-18(13-16-7-3-2-4-8-16)23(38)30-17(9-5-11-29-25(27)28)22(37)32-19(14-34)21(26)36/h2-4,7-8,17-20,34H,5-6,9-14H2,1H3,(H2,26,36)(H,30,38)(H,31,39)(H,32,37)(H4,27,28,29)/t17-,18-,19-,20-/m0/s1. The number of benzene rings is 1. The summed E-state index contributed by atoms with van der Waals surface area (Å²) in [5.74, 6) is -3.19. The van der Waals surface area contributed by atoms with Gasteiger partial charge >= 0.3 is 0 Å². The summed E-state index contributed by atoms with van der Waals surface area (Å²) in [5.41, 5.74) is 16.7. The van der Waals surface area contributed by atoms with Crippen LogP contribution < -0.4 is 33.2 Å². The second kappa shape index (κ2) is 15.3. The lowest BCUT2D eigenvalue weighted by Crippen LogP contribution is -2.58. The largest absolute Gasteiger partial charge is 0.394 e. The molecule has 0 radical (unpaired) electrons. The molecule has 5 amide bonds. The fraction of sp³-hybridized carbons (Fsp3) is 0.520. The molecule has 1 aromatic carbocycles. The third kappa shape index (κ3) is 9.89. The van der Waals surface area contributed by atoms with Crippen molar-refractivity contribution in [1.29, 1.82) is 0 Å². The number of nitrogens with two attached hydrogens (primary N) is 3. The molecule has 4 atom stereocenters. The van der Waals surface area contributed by atoms with Crippen molar-refractivity contribution in [3.05, 3.63) is 35.9 Å².